The van der Waals surface area contributed by atoms with Crippen molar-refractivity contribution in [2.75, 3.05) is 0 Å². The second-order valence-electron chi connectivity index (χ2n) is 4.40. The molecule has 3 heteroatoms. The van der Waals surface area contributed by atoms with Crippen LogP contribution in [0.4, 0.5) is 0 Å². The summed E-state index contributed by atoms with van der Waals surface area (Å²) in [6.07, 6.45) is 1.41. The number of hydrogen-bond donors (Lipinski definition) is 0. The van der Waals surface area contributed by atoms with Crippen LogP contribution in [0.1, 0.15) is 40.5 Å². The van der Waals surface area contributed by atoms with E-state index in [1.165, 1.54) is 0 Å². The van der Waals surface area contributed by atoms with Gasteiger partial charge in [-0.3, -0.25) is 0 Å². The van der Waals surface area contributed by atoms with Crippen molar-refractivity contribution < 1.29 is 14.3 Å². The average Bonchev–Trinajstić information content (AvgIpc) is 2.20. The lowest BCUT2D eigenvalue weighted by Crippen LogP contribution is -2.21. The molecule has 76 valence electrons. The van der Waals surface area contributed by atoms with Gasteiger partial charge in [-0.25, -0.2) is 4.79 Å². The fourth-order valence-electron chi connectivity index (χ4n) is 1.38. The molecule has 1 atom stereocenters. The van der Waals surface area contributed by atoms with Crippen molar-refractivity contribution >= 4 is 5.97 Å². The smallest absolute Gasteiger partial charge is 0.337 e. The molecule has 0 spiro atoms. The highest BCUT2D eigenvalue weighted by Crippen LogP contribution is 2.26. The van der Waals surface area contributed by atoms with Gasteiger partial charge in [0.1, 0.15) is 0 Å². The van der Waals surface area contributed by atoms with E-state index in [4.69, 9.17) is 9.47 Å². The molecular weight excluding hydrogens is 168 g/mol. The number of carbonyl (C=O) groups is 1. The molecule has 1 heterocycles. The number of carbonyl (C=O) groups excluding carboxylic acids is 1. The molecule has 13 heavy (non-hydrogen) atoms. The number of esters is 1. The highest BCUT2D eigenvalue weighted by atomic mass is 16.8. The molecule has 0 N–H and O–H groups in total. The van der Waals surface area contributed by atoms with Crippen molar-refractivity contribution in [3.05, 3.63) is 0 Å². The molecule has 1 unspecified atom stereocenters. The van der Waals surface area contributed by atoms with Crippen LogP contribution < -0.4 is 0 Å². The molecule has 0 radical (unpaired) electrons. The Hall–Kier alpha value is -0.570. The van der Waals surface area contributed by atoms with Crippen molar-refractivity contribution in [3.63, 3.8) is 0 Å². The predicted molar refractivity (Wildman–Crippen MR) is 49.1 cm³/mol. The molecule has 0 bridgehead atoms. The van der Waals surface area contributed by atoms with Crippen LogP contribution in [0.5, 0.6) is 0 Å². The third-order valence-corrected chi connectivity index (χ3v) is 2.04. The van der Waals surface area contributed by atoms with Gasteiger partial charge < -0.3 is 9.47 Å². The van der Waals surface area contributed by atoms with Crippen LogP contribution in [0.15, 0.2) is 0 Å². The Morgan fingerprint density at radius 1 is 1.46 bits per heavy atom. The van der Waals surface area contributed by atoms with Crippen molar-refractivity contribution in [2.45, 2.75) is 52.4 Å². The SMILES string of the molecule is CC(C)CCC1OC(C)(C)OC1=O. The first kappa shape index (κ1) is 10.5. The van der Waals surface area contributed by atoms with E-state index in [-0.39, 0.29) is 12.1 Å². The summed E-state index contributed by atoms with van der Waals surface area (Å²) in [5.74, 6) is -0.343. The van der Waals surface area contributed by atoms with Gasteiger partial charge in [-0.05, 0) is 18.8 Å². The standard InChI is InChI=1S/C10H18O3/c1-7(2)5-6-8-9(11)13-10(3,4)12-8/h7-8H,5-6H2,1-4H3. The van der Waals surface area contributed by atoms with E-state index in [0.29, 0.717) is 5.92 Å². The zero-order valence-corrected chi connectivity index (χ0v) is 8.79. The molecule has 1 aliphatic rings. The van der Waals surface area contributed by atoms with Crippen molar-refractivity contribution in [1.29, 1.82) is 0 Å². The Bertz CT molecular complexity index is 196. The Morgan fingerprint density at radius 3 is 2.46 bits per heavy atom. The van der Waals surface area contributed by atoms with E-state index in [0.717, 1.165) is 12.8 Å². The zero-order valence-electron chi connectivity index (χ0n) is 8.79. The van der Waals surface area contributed by atoms with Crippen LogP contribution in [-0.2, 0) is 14.3 Å². The van der Waals surface area contributed by atoms with Crippen molar-refractivity contribution in [1.82, 2.24) is 0 Å². The summed E-state index contributed by atoms with van der Waals surface area (Å²) in [7, 11) is 0. The second kappa shape index (κ2) is 3.66. The molecule has 0 aliphatic carbocycles. The lowest BCUT2D eigenvalue weighted by molar-refractivity contribution is -0.160. The highest BCUT2D eigenvalue weighted by Gasteiger charge is 2.40. The van der Waals surface area contributed by atoms with E-state index >= 15 is 0 Å². The monoisotopic (exact) mass is 186 g/mol. The topological polar surface area (TPSA) is 35.5 Å². The van der Waals surface area contributed by atoms with E-state index in [9.17, 15) is 4.79 Å². The molecule has 0 aromatic heterocycles. The number of hydrogen-bond acceptors (Lipinski definition) is 3. The van der Waals surface area contributed by atoms with E-state index in [2.05, 4.69) is 13.8 Å². The van der Waals surface area contributed by atoms with E-state index in [1.54, 1.807) is 13.8 Å². The molecule has 1 saturated heterocycles. The summed E-state index contributed by atoms with van der Waals surface area (Å²) in [6, 6.07) is 0. The lowest BCUT2D eigenvalue weighted by atomic mass is 10.1. The minimum atomic E-state index is -0.723. The zero-order chi connectivity index (χ0) is 10.1. The molecule has 0 aromatic rings. The normalized spacial score (nSPS) is 26.5. The van der Waals surface area contributed by atoms with Crippen LogP contribution in [0, 0.1) is 5.92 Å². The largest absolute Gasteiger partial charge is 0.432 e. The first-order valence-electron chi connectivity index (χ1n) is 4.81. The first-order valence-corrected chi connectivity index (χ1v) is 4.81. The van der Waals surface area contributed by atoms with Gasteiger partial charge in [-0.2, -0.15) is 0 Å². The number of rotatable bonds is 3. The second-order valence-corrected chi connectivity index (χ2v) is 4.40. The summed E-state index contributed by atoms with van der Waals surface area (Å²) >= 11 is 0. The van der Waals surface area contributed by atoms with Crippen LogP contribution >= 0.6 is 0 Å². The van der Waals surface area contributed by atoms with Gasteiger partial charge in [0.15, 0.2) is 6.10 Å². The maximum Gasteiger partial charge on any atom is 0.337 e. The maximum atomic E-state index is 11.3. The third-order valence-electron chi connectivity index (χ3n) is 2.04. The van der Waals surface area contributed by atoms with Gasteiger partial charge >= 0.3 is 5.97 Å². The van der Waals surface area contributed by atoms with Gasteiger partial charge in [0, 0.05) is 13.8 Å². The van der Waals surface area contributed by atoms with E-state index < -0.39 is 5.79 Å². The first-order chi connectivity index (χ1) is 5.91. The number of ether oxygens (including phenoxy) is 2. The molecule has 3 nitrogen and oxygen atoms in total. The average molecular weight is 186 g/mol. The third kappa shape index (κ3) is 2.99. The Balaban J connectivity index is 2.40. The Labute approximate surface area is 79.4 Å². The van der Waals surface area contributed by atoms with Crippen LogP contribution in [0.2, 0.25) is 0 Å². The molecule has 1 fully saturated rings. The fraction of sp³-hybridized carbons (Fsp3) is 0.900. The maximum absolute atomic E-state index is 11.3. The summed E-state index contributed by atoms with van der Waals surface area (Å²) in [6.45, 7) is 7.79. The summed E-state index contributed by atoms with van der Waals surface area (Å²) < 4.78 is 10.5. The van der Waals surface area contributed by atoms with Gasteiger partial charge in [-0.15, -0.1) is 0 Å². The minimum Gasteiger partial charge on any atom is -0.432 e. The Morgan fingerprint density at radius 2 is 2.08 bits per heavy atom. The molecule has 0 aromatic carbocycles. The van der Waals surface area contributed by atoms with Gasteiger partial charge in [-0.1, -0.05) is 13.8 Å². The summed E-state index contributed by atoms with van der Waals surface area (Å²) in [5.41, 5.74) is 0. The van der Waals surface area contributed by atoms with Crippen LogP contribution in [0.25, 0.3) is 0 Å². The lowest BCUT2D eigenvalue weighted by Gasteiger charge is -2.15. The van der Waals surface area contributed by atoms with Crippen LogP contribution in [-0.4, -0.2) is 17.9 Å². The van der Waals surface area contributed by atoms with Crippen molar-refractivity contribution in [3.8, 4) is 0 Å². The number of cyclic esters (lactones) is 1. The fourth-order valence-corrected chi connectivity index (χ4v) is 1.38. The molecular formula is C10H18O3. The quantitative estimate of drug-likeness (QED) is 0.633. The van der Waals surface area contributed by atoms with Gasteiger partial charge in [0.25, 0.3) is 0 Å². The molecule has 1 aliphatic heterocycles. The van der Waals surface area contributed by atoms with E-state index in [1.807, 2.05) is 0 Å². The minimum absolute atomic E-state index is 0.217. The van der Waals surface area contributed by atoms with Gasteiger partial charge in [0.2, 0.25) is 5.79 Å². The molecule has 1 rings (SSSR count). The van der Waals surface area contributed by atoms with Crippen molar-refractivity contribution in [2.24, 2.45) is 5.92 Å². The molecule has 0 saturated carbocycles. The predicted octanol–water partition coefficient (Wildman–Crippen LogP) is 2.10. The highest BCUT2D eigenvalue weighted by molar-refractivity contribution is 5.76. The van der Waals surface area contributed by atoms with Gasteiger partial charge in [0.05, 0.1) is 0 Å². The summed E-state index contributed by atoms with van der Waals surface area (Å²) in [5, 5.41) is 0. The molecule has 0 amide bonds. The Kier molecular flexibility index (Phi) is 2.96. The summed E-state index contributed by atoms with van der Waals surface area (Å²) in [4.78, 5) is 11.3. The van der Waals surface area contributed by atoms with Crippen LogP contribution in [0.3, 0.4) is 0 Å².